The van der Waals surface area contributed by atoms with E-state index in [1.165, 1.54) is 5.56 Å². The van der Waals surface area contributed by atoms with Crippen LogP contribution in [0.3, 0.4) is 0 Å². The van der Waals surface area contributed by atoms with Gasteiger partial charge in [0.25, 0.3) is 0 Å². The number of aromatic amines is 1. The summed E-state index contributed by atoms with van der Waals surface area (Å²) in [6.07, 6.45) is 1.01. The highest BCUT2D eigenvalue weighted by Crippen LogP contribution is 2.26. The molecule has 0 radical (unpaired) electrons. The second kappa shape index (κ2) is 7.07. The Bertz CT molecular complexity index is 827. The quantitative estimate of drug-likeness (QED) is 0.779. The molecule has 0 saturated carbocycles. The SMILES string of the molecule is O=C(COCc1nc2ccccc2[nH]1)N1CC[C@@H](c2ccccc2)C1. The van der Waals surface area contributed by atoms with Crippen molar-refractivity contribution in [1.82, 2.24) is 14.9 Å². The highest BCUT2D eigenvalue weighted by atomic mass is 16.5. The second-order valence-electron chi connectivity index (χ2n) is 6.43. The van der Waals surface area contributed by atoms with Crippen molar-refractivity contribution in [3.05, 3.63) is 66.0 Å². The van der Waals surface area contributed by atoms with Gasteiger partial charge in [-0.2, -0.15) is 0 Å². The lowest BCUT2D eigenvalue weighted by Gasteiger charge is -2.16. The monoisotopic (exact) mass is 335 g/mol. The molecule has 2 aromatic carbocycles. The molecule has 1 aromatic heterocycles. The molecule has 3 aromatic rings. The van der Waals surface area contributed by atoms with Crippen LogP contribution in [0, 0.1) is 0 Å². The molecule has 0 bridgehead atoms. The first-order chi connectivity index (χ1) is 12.3. The maximum atomic E-state index is 12.4. The van der Waals surface area contributed by atoms with Gasteiger partial charge in [0.1, 0.15) is 19.0 Å². The fraction of sp³-hybridized carbons (Fsp3) is 0.300. The third-order valence-corrected chi connectivity index (χ3v) is 4.71. The molecule has 1 fully saturated rings. The zero-order valence-corrected chi connectivity index (χ0v) is 14.0. The van der Waals surface area contributed by atoms with Crippen LogP contribution >= 0.6 is 0 Å². The van der Waals surface area contributed by atoms with Crippen molar-refractivity contribution < 1.29 is 9.53 Å². The van der Waals surface area contributed by atoms with Crippen LogP contribution in [0.4, 0.5) is 0 Å². The lowest BCUT2D eigenvalue weighted by molar-refractivity contribution is -0.135. The van der Waals surface area contributed by atoms with E-state index < -0.39 is 0 Å². The Morgan fingerprint density at radius 3 is 2.80 bits per heavy atom. The van der Waals surface area contributed by atoms with E-state index in [9.17, 15) is 4.79 Å². The number of imidazole rings is 1. The average Bonchev–Trinajstić information content (AvgIpc) is 3.29. The summed E-state index contributed by atoms with van der Waals surface area (Å²) in [6, 6.07) is 18.2. The Hall–Kier alpha value is -2.66. The highest BCUT2D eigenvalue weighted by molar-refractivity contribution is 5.78. The van der Waals surface area contributed by atoms with Gasteiger partial charge in [0, 0.05) is 19.0 Å². The van der Waals surface area contributed by atoms with E-state index in [0.29, 0.717) is 12.5 Å². The summed E-state index contributed by atoms with van der Waals surface area (Å²) < 4.78 is 5.58. The van der Waals surface area contributed by atoms with E-state index in [0.717, 1.165) is 36.4 Å². The second-order valence-corrected chi connectivity index (χ2v) is 6.43. The van der Waals surface area contributed by atoms with Crippen LogP contribution in [0.5, 0.6) is 0 Å². The predicted molar refractivity (Wildman–Crippen MR) is 96.1 cm³/mol. The van der Waals surface area contributed by atoms with Gasteiger partial charge >= 0.3 is 0 Å². The normalized spacial score (nSPS) is 17.3. The van der Waals surface area contributed by atoms with Gasteiger partial charge in [0.2, 0.25) is 5.91 Å². The molecule has 1 aliphatic heterocycles. The number of aromatic nitrogens is 2. The first-order valence-electron chi connectivity index (χ1n) is 8.64. The first-order valence-corrected chi connectivity index (χ1v) is 8.64. The number of likely N-dealkylation sites (tertiary alicyclic amines) is 1. The van der Waals surface area contributed by atoms with Crippen LogP contribution in [0.1, 0.15) is 23.7 Å². The maximum absolute atomic E-state index is 12.4. The van der Waals surface area contributed by atoms with Crippen LogP contribution in [-0.2, 0) is 16.1 Å². The van der Waals surface area contributed by atoms with Crippen molar-refractivity contribution in [1.29, 1.82) is 0 Å². The van der Waals surface area contributed by atoms with Gasteiger partial charge < -0.3 is 14.6 Å². The largest absolute Gasteiger partial charge is 0.364 e. The van der Waals surface area contributed by atoms with Crippen LogP contribution in [0.15, 0.2) is 54.6 Å². The summed E-state index contributed by atoms with van der Waals surface area (Å²) in [7, 11) is 0. The molecule has 1 saturated heterocycles. The van der Waals surface area contributed by atoms with E-state index in [-0.39, 0.29) is 12.5 Å². The number of nitrogens with zero attached hydrogens (tertiary/aromatic N) is 2. The van der Waals surface area contributed by atoms with E-state index in [4.69, 9.17) is 4.74 Å². The fourth-order valence-corrected chi connectivity index (χ4v) is 3.38. The summed E-state index contributed by atoms with van der Waals surface area (Å²) in [5.74, 6) is 1.23. The average molecular weight is 335 g/mol. The number of benzene rings is 2. The van der Waals surface area contributed by atoms with Crippen LogP contribution < -0.4 is 0 Å². The molecule has 2 heterocycles. The van der Waals surface area contributed by atoms with Gasteiger partial charge in [-0.15, -0.1) is 0 Å². The molecule has 1 N–H and O–H groups in total. The minimum atomic E-state index is 0.0505. The van der Waals surface area contributed by atoms with Crippen LogP contribution in [0.2, 0.25) is 0 Å². The molecule has 128 valence electrons. The van der Waals surface area contributed by atoms with Gasteiger partial charge in [-0.05, 0) is 24.1 Å². The molecule has 1 aliphatic rings. The number of nitrogens with one attached hydrogen (secondary N) is 1. The number of ether oxygens (including phenoxy) is 1. The molecule has 25 heavy (non-hydrogen) atoms. The van der Waals surface area contributed by atoms with E-state index >= 15 is 0 Å². The topological polar surface area (TPSA) is 58.2 Å². The number of H-pyrrole nitrogens is 1. The number of rotatable bonds is 5. The summed E-state index contributed by atoms with van der Waals surface area (Å²) >= 11 is 0. The fourth-order valence-electron chi connectivity index (χ4n) is 3.38. The first kappa shape index (κ1) is 15.8. The third-order valence-electron chi connectivity index (χ3n) is 4.71. The minimum absolute atomic E-state index is 0.0505. The Kier molecular flexibility index (Phi) is 4.48. The number of carbonyl (C=O) groups is 1. The van der Waals surface area contributed by atoms with E-state index in [2.05, 4.69) is 34.2 Å². The Balaban J connectivity index is 1.28. The van der Waals surface area contributed by atoms with Crippen molar-refractivity contribution in [2.24, 2.45) is 0 Å². The van der Waals surface area contributed by atoms with Gasteiger partial charge in [-0.3, -0.25) is 4.79 Å². The molecule has 0 spiro atoms. The molecule has 5 nitrogen and oxygen atoms in total. The molecular weight excluding hydrogens is 314 g/mol. The van der Waals surface area contributed by atoms with Crippen molar-refractivity contribution >= 4 is 16.9 Å². The zero-order valence-electron chi connectivity index (χ0n) is 14.0. The number of para-hydroxylation sites is 2. The van der Waals surface area contributed by atoms with Crippen molar-refractivity contribution in [3.8, 4) is 0 Å². The lowest BCUT2D eigenvalue weighted by atomic mass is 9.99. The Morgan fingerprint density at radius 2 is 1.96 bits per heavy atom. The summed E-state index contributed by atoms with van der Waals surface area (Å²) in [5, 5.41) is 0. The van der Waals surface area contributed by atoms with Gasteiger partial charge in [-0.1, -0.05) is 42.5 Å². The zero-order chi connectivity index (χ0) is 17.1. The third kappa shape index (κ3) is 3.56. The number of amides is 1. The van der Waals surface area contributed by atoms with E-state index in [1.54, 1.807) is 0 Å². The summed E-state index contributed by atoms with van der Waals surface area (Å²) in [4.78, 5) is 21.9. The molecular formula is C20H21N3O2. The number of carbonyl (C=O) groups excluding carboxylic acids is 1. The maximum Gasteiger partial charge on any atom is 0.248 e. The van der Waals surface area contributed by atoms with Gasteiger partial charge in [0.05, 0.1) is 11.0 Å². The molecule has 0 unspecified atom stereocenters. The van der Waals surface area contributed by atoms with Gasteiger partial charge in [-0.25, -0.2) is 4.98 Å². The van der Waals surface area contributed by atoms with E-state index in [1.807, 2.05) is 35.2 Å². The standard InChI is InChI=1S/C20H21N3O2/c24-20(23-11-10-16(12-23)15-6-2-1-3-7-15)14-25-13-19-21-17-8-4-5-9-18(17)22-19/h1-9,16H,10-14H2,(H,21,22)/t16-/m1/s1. The smallest absolute Gasteiger partial charge is 0.248 e. The van der Waals surface area contributed by atoms with Crippen molar-refractivity contribution in [2.45, 2.75) is 18.9 Å². The molecule has 4 rings (SSSR count). The molecule has 1 atom stereocenters. The van der Waals surface area contributed by atoms with Gasteiger partial charge in [0.15, 0.2) is 0 Å². The number of hydrogen-bond donors (Lipinski definition) is 1. The lowest BCUT2D eigenvalue weighted by Crippen LogP contribution is -2.31. The Labute approximate surface area is 146 Å². The van der Waals surface area contributed by atoms with Crippen molar-refractivity contribution in [3.63, 3.8) is 0 Å². The summed E-state index contributed by atoms with van der Waals surface area (Å²) in [5.41, 5.74) is 3.20. The summed E-state index contributed by atoms with van der Waals surface area (Å²) in [6.45, 7) is 1.98. The Morgan fingerprint density at radius 1 is 1.16 bits per heavy atom. The number of fused-ring (bicyclic) bond motifs is 1. The van der Waals surface area contributed by atoms with Crippen LogP contribution in [0.25, 0.3) is 11.0 Å². The molecule has 0 aliphatic carbocycles. The minimum Gasteiger partial charge on any atom is -0.364 e. The molecule has 1 amide bonds. The van der Waals surface area contributed by atoms with Crippen molar-refractivity contribution in [2.75, 3.05) is 19.7 Å². The highest BCUT2D eigenvalue weighted by Gasteiger charge is 2.27. The molecule has 5 heteroatoms. The van der Waals surface area contributed by atoms with Crippen LogP contribution in [-0.4, -0.2) is 40.5 Å². The predicted octanol–water partition coefficient (Wildman–Crippen LogP) is 3.10. The number of hydrogen-bond acceptors (Lipinski definition) is 3.